The molecule has 2 unspecified atom stereocenters. The molecule has 0 aliphatic carbocycles. The Morgan fingerprint density at radius 1 is 0.818 bits per heavy atom. The third-order valence-corrected chi connectivity index (χ3v) is 5.60. The average Bonchev–Trinajstić information content (AvgIpc) is 2.40. The highest BCUT2D eigenvalue weighted by molar-refractivity contribution is 5.87. The first kappa shape index (κ1) is 20.9. The van der Waals surface area contributed by atoms with Crippen LogP contribution in [0.4, 0.5) is 0 Å². The minimum absolute atomic E-state index is 0.330. The lowest BCUT2D eigenvalue weighted by Crippen LogP contribution is -2.57. The molecule has 4 heteroatoms. The average molecular weight is 314 g/mol. The van der Waals surface area contributed by atoms with Gasteiger partial charge in [0.2, 0.25) is 0 Å². The molecule has 0 spiro atoms. The number of aliphatic carboxylic acids is 2. The lowest BCUT2D eigenvalue weighted by Gasteiger charge is -2.50. The topological polar surface area (TPSA) is 74.6 Å². The molecule has 4 nitrogen and oxygen atoms in total. The van der Waals surface area contributed by atoms with E-state index in [-0.39, 0.29) is 0 Å². The summed E-state index contributed by atoms with van der Waals surface area (Å²) in [4.78, 5) is 24.2. The minimum Gasteiger partial charge on any atom is -0.481 e. The fourth-order valence-electron chi connectivity index (χ4n) is 3.53. The lowest BCUT2D eigenvalue weighted by atomic mass is 9.50. The van der Waals surface area contributed by atoms with Crippen LogP contribution in [0.5, 0.6) is 0 Å². The maximum Gasteiger partial charge on any atom is 0.311 e. The molecule has 0 saturated carbocycles. The van der Waals surface area contributed by atoms with Gasteiger partial charge in [-0.05, 0) is 25.2 Å². The van der Waals surface area contributed by atoms with Crippen LogP contribution in [0.1, 0.15) is 86.5 Å². The van der Waals surface area contributed by atoms with Crippen molar-refractivity contribution in [3.8, 4) is 0 Å². The molecule has 0 radical (unpaired) electrons. The summed E-state index contributed by atoms with van der Waals surface area (Å²) in [7, 11) is 0. The van der Waals surface area contributed by atoms with Gasteiger partial charge in [-0.25, -0.2) is 0 Å². The number of hydrogen-bond acceptors (Lipinski definition) is 2. The maximum atomic E-state index is 12.1. The minimum atomic E-state index is -1.31. The molecule has 2 atom stereocenters. The molecule has 0 fully saturated rings. The van der Waals surface area contributed by atoms with Gasteiger partial charge >= 0.3 is 11.9 Å². The second kappa shape index (κ2) is 7.98. The van der Waals surface area contributed by atoms with Gasteiger partial charge in [0, 0.05) is 0 Å². The van der Waals surface area contributed by atoms with Gasteiger partial charge in [-0.2, -0.15) is 0 Å². The van der Waals surface area contributed by atoms with E-state index in [1.54, 1.807) is 13.8 Å². The quantitative estimate of drug-likeness (QED) is 0.558. The molecule has 0 bridgehead atoms. The number of unbranched alkanes of at least 4 members (excludes halogenated alkanes) is 4. The fourth-order valence-corrected chi connectivity index (χ4v) is 3.53. The fraction of sp³-hybridized carbons (Fsp3) is 0.889. The highest BCUT2D eigenvalue weighted by atomic mass is 16.4. The molecule has 0 saturated heterocycles. The Labute approximate surface area is 135 Å². The van der Waals surface area contributed by atoms with Crippen molar-refractivity contribution in [1.82, 2.24) is 0 Å². The van der Waals surface area contributed by atoms with Crippen molar-refractivity contribution >= 4 is 11.9 Å². The molecule has 0 aromatic carbocycles. The highest BCUT2D eigenvalue weighted by Crippen LogP contribution is 2.56. The highest BCUT2D eigenvalue weighted by Gasteiger charge is 2.62. The molecule has 0 amide bonds. The number of carbonyl (C=O) groups is 2. The summed E-state index contributed by atoms with van der Waals surface area (Å²) < 4.78 is 0. The molecule has 0 aliphatic heterocycles. The van der Waals surface area contributed by atoms with Crippen molar-refractivity contribution in [2.24, 2.45) is 16.2 Å². The molecule has 130 valence electrons. The van der Waals surface area contributed by atoms with E-state index in [0.29, 0.717) is 12.8 Å². The molecule has 0 aromatic heterocycles. The summed E-state index contributed by atoms with van der Waals surface area (Å²) in [5.74, 6) is -2.00. The smallest absolute Gasteiger partial charge is 0.311 e. The Balaban J connectivity index is 5.57. The van der Waals surface area contributed by atoms with Gasteiger partial charge in [-0.1, -0.05) is 66.7 Å². The first-order chi connectivity index (χ1) is 10.0. The Kier molecular flexibility index (Phi) is 7.60. The SMILES string of the molecule is CCCCCCCC(CC)(C(=O)O)C(C)(C(=O)O)C(C)(C)C. The normalized spacial score (nSPS) is 17.5. The van der Waals surface area contributed by atoms with Gasteiger partial charge in [0.25, 0.3) is 0 Å². The Morgan fingerprint density at radius 2 is 1.32 bits per heavy atom. The van der Waals surface area contributed by atoms with E-state index in [1.165, 1.54) is 0 Å². The summed E-state index contributed by atoms with van der Waals surface area (Å²) in [6, 6.07) is 0. The maximum absolute atomic E-state index is 12.1. The Bertz CT molecular complexity index is 383. The molecule has 0 aromatic rings. The van der Waals surface area contributed by atoms with Gasteiger partial charge in [0.05, 0.1) is 10.8 Å². The van der Waals surface area contributed by atoms with Crippen LogP contribution in [0.15, 0.2) is 0 Å². The number of rotatable bonds is 10. The molecule has 2 N–H and O–H groups in total. The van der Waals surface area contributed by atoms with Gasteiger partial charge < -0.3 is 10.2 Å². The molecule has 22 heavy (non-hydrogen) atoms. The van der Waals surface area contributed by atoms with Gasteiger partial charge in [-0.3, -0.25) is 9.59 Å². The second-order valence-corrected chi connectivity index (χ2v) is 7.59. The van der Waals surface area contributed by atoms with Gasteiger partial charge in [-0.15, -0.1) is 0 Å². The summed E-state index contributed by atoms with van der Waals surface area (Å²) >= 11 is 0. The first-order valence-corrected chi connectivity index (χ1v) is 8.48. The third kappa shape index (κ3) is 3.82. The van der Waals surface area contributed by atoms with E-state index in [9.17, 15) is 19.8 Å². The molecular formula is C18H34O4. The third-order valence-electron chi connectivity index (χ3n) is 5.60. The first-order valence-electron chi connectivity index (χ1n) is 8.48. The van der Waals surface area contributed by atoms with Crippen LogP contribution in [0, 0.1) is 16.2 Å². The van der Waals surface area contributed by atoms with E-state index in [1.807, 2.05) is 20.8 Å². The van der Waals surface area contributed by atoms with Crippen LogP contribution >= 0.6 is 0 Å². The van der Waals surface area contributed by atoms with E-state index in [2.05, 4.69) is 6.92 Å². The van der Waals surface area contributed by atoms with E-state index < -0.39 is 28.2 Å². The summed E-state index contributed by atoms with van der Waals surface area (Å²) in [6.45, 7) is 11.0. The Hall–Kier alpha value is -1.06. The van der Waals surface area contributed by atoms with Gasteiger partial charge in [0.1, 0.15) is 0 Å². The van der Waals surface area contributed by atoms with Crippen LogP contribution in [0.25, 0.3) is 0 Å². The monoisotopic (exact) mass is 314 g/mol. The Morgan fingerprint density at radius 3 is 1.64 bits per heavy atom. The zero-order valence-electron chi connectivity index (χ0n) is 15.2. The van der Waals surface area contributed by atoms with Crippen LogP contribution in [0.2, 0.25) is 0 Å². The standard InChI is InChI=1S/C18H34O4/c1-7-9-10-11-12-13-18(8-2,15(21)22)17(6,14(19)20)16(3,4)5/h7-13H2,1-6H3,(H,19,20)(H,21,22). The van der Waals surface area contributed by atoms with Crippen LogP contribution < -0.4 is 0 Å². The van der Waals surface area contributed by atoms with Crippen molar-refractivity contribution in [3.63, 3.8) is 0 Å². The van der Waals surface area contributed by atoms with Crippen molar-refractivity contribution in [2.45, 2.75) is 86.5 Å². The molecular weight excluding hydrogens is 280 g/mol. The van der Waals surface area contributed by atoms with E-state index >= 15 is 0 Å². The summed E-state index contributed by atoms with van der Waals surface area (Å²) in [5.41, 5.74) is -3.19. The predicted molar refractivity (Wildman–Crippen MR) is 88.9 cm³/mol. The van der Waals surface area contributed by atoms with Crippen molar-refractivity contribution < 1.29 is 19.8 Å². The van der Waals surface area contributed by atoms with Gasteiger partial charge in [0.15, 0.2) is 0 Å². The zero-order chi connectivity index (χ0) is 17.6. The zero-order valence-corrected chi connectivity index (χ0v) is 15.2. The number of carboxylic acid groups (broad SMARTS) is 2. The van der Waals surface area contributed by atoms with Crippen molar-refractivity contribution in [1.29, 1.82) is 0 Å². The lowest BCUT2D eigenvalue weighted by molar-refractivity contribution is -0.186. The second-order valence-electron chi connectivity index (χ2n) is 7.59. The predicted octanol–water partition coefficient (Wildman–Crippen LogP) is 4.96. The summed E-state index contributed by atoms with van der Waals surface area (Å²) in [6.07, 6.45) is 5.82. The van der Waals surface area contributed by atoms with Crippen molar-refractivity contribution in [2.75, 3.05) is 0 Å². The van der Waals surface area contributed by atoms with Crippen LogP contribution in [-0.2, 0) is 9.59 Å². The molecule has 0 rings (SSSR count). The van der Waals surface area contributed by atoms with E-state index in [4.69, 9.17) is 0 Å². The summed E-state index contributed by atoms with van der Waals surface area (Å²) in [5, 5.41) is 19.8. The largest absolute Gasteiger partial charge is 0.481 e. The molecule has 0 aliphatic rings. The number of hydrogen-bond donors (Lipinski definition) is 2. The molecule has 0 heterocycles. The van der Waals surface area contributed by atoms with Crippen LogP contribution in [-0.4, -0.2) is 22.2 Å². The van der Waals surface area contributed by atoms with Crippen molar-refractivity contribution in [3.05, 3.63) is 0 Å². The number of carboxylic acids is 2. The van der Waals surface area contributed by atoms with E-state index in [0.717, 1.165) is 32.1 Å². The van der Waals surface area contributed by atoms with Crippen LogP contribution in [0.3, 0.4) is 0 Å².